The third kappa shape index (κ3) is 8.83. The van der Waals surface area contributed by atoms with Crippen LogP contribution in [0.25, 0.3) is 0 Å². The molecule has 27 heavy (non-hydrogen) atoms. The monoisotopic (exact) mass is 492 g/mol. The number of ether oxygens (including phenoxy) is 1. The van der Waals surface area contributed by atoms with Crippen LogP contribution in [0.5, 0.6) is 0 Å². The van der Waals surface area contributed by atoms with Crippen LogP contribution < -0.4 is 10.6 Å². The number of aryl methyl sites for hydroxylation is 1. The van der Waals surface area contributed by atoms with E-state index in [0.717, 1.165) is 69.2 Å². The Morgan fingerprint density at radius 1 is 1.22 bits per heavy atom. The van der Waals surface area contributed by atoms with Crippen molar-refractivity contribution in [3.63, 3.8) is 0 Å². The highest BCUT2D eigenvalue weighted by molar-refractivity contribution is 14.0. The number of hydrogen-bond donors (Lipinski definition) is 2. The van der Waals surface area contributed by atoms with Gasteiger partial charge >= 0.3 is 0 Å². The number of aliphatic imine (C=N–C) groups is 1. The number of rotatable bonds is 9. The van der Waals surface area contributed by atoms with Gasteiger partial charge in [0, 0.05) is 26.2 Å². The molecular weight excluding hydrogens is 455 g/mol. The Morgan fingerprint density at radius 2 is 1.96 bits per heavy atom. The van der Waals surface area contributed by atoms with E-state index in [4.69, 9.17) is 14.1 Å². The maximum Gasteiger partial charge on any atom is 0.191 e. The van der Waals surface area contributed by atoms with E-state index in [1.807, 2.05) is 13.0 Å². The fourth-order valence-corrected chi connectivity index (χ4v) is 3.14. The maximum absolute atomic E-state index is 5.92. The molecule has 0 saturated carbocycles. The predicted molar refractivity (Wildman–Crippen MR) is 122 cm³/mol. The Morgan fingerprint density at radius 3 is 2.56 bits per heavy atom. The molecule has 6 nitrogen and oxygen atoms in total. The minimum atomic E-state index is 0. The van der Waals surface area contributed by atoms with E-state index in [-0.39, 0.29) is 30.0 Å². The first kappa shape index (κ1) is 24.2. The summed E-state index contributed by atoms with van der Waals surface area (Å²) in [6.45, 7) is 14.5. The molecule has 0 radical (unpaired) electrons. The molecule has 156 valence electrons. The molecule has 1 aromatic heterocycles. The van der Waals surface area contributed by atoms with Crippen LogP contribution in [0.3, 0.4) is 0 Å². The molecule has 2 heterocycles. The Kier molecular flexibility index (Phi) is 12.0. The second kappa shape index (κ2) is 13.4. The zero-order valence-corrected chi connectivity index (χ0v) is 19.6. The van der Waals surface area contributed by atoms with Crippen molar-refractivity contribution in [2.45, 2.75) is 46.6 Å². The summed E-state index contributed by atoms with van der Waals surface area (Å²) in [5.41, 5.74) is 0. The molecule has 1 atom stereocenters. The predicted octanol–water partition coefficient (Wildman–Crippen LogP) is 3.57. The van der Waals surface area contributed by atoms with Crippen molar-refractivity contribution in [1.29, 1.82) is 0 Å². The van der Waals surface area contributed by atoms with E-state index in [9.17, 15) is 0 Å². The van der Waals surface area contributed by atoms with Crippen molar-refractivity contribution in [1.82, 2.24) is 15.5 Å². The number of guanidine groups is 1. The van der Waals surface area contributed by atoms with E-state index in [1.165, 1.54) is 6.42 Å². The van der Waals surface area contributed by atoms with Gasteiger partial charge in [-0.25, -0.2) is 0 Å². The van der Waals surface area contributed by atoms with E-state index >= 15 is 0 Å². The van der Waals surface area contributed by atoms with Crippen LogP contribution in [0.4, 0.5) is 0 Å². The fourth-order valence-electron chi connectivity index (χ4n) is 3.14. The van der Waals surface area contributed by atoms with Gasteiger partial charge in [-0.2, -0.15) is 0 Å². The maximum atomic E-state index is 5.92. The lowest BCUT2D eigenvalue weighted by Gasteiger charge is -2.32. The molecular formula is C20H37IN4O2. The topological polar surface area (TPSA) is 62.0 Å². The number of nitrogens with zero attached hydrogens (tertiary/aromatic N) is 2. The third-order valence-corrected chi connectivity index (χ3v) is 4.59. The van der Waals surface area contributed by atoms with E-state index in [2.05, 4.69) is 42.4 Å². The molecule has 1 saturated heterocycles. The summed E-state index contributed by atoms with van der Waals surface area (Å²) >= 11 is 0. The van der Waals surface area contributed by atoms with Crippen molar-refractivity contribution < 1.29 is 9.15 Å². The molecule has 1 fully saturated rings. The first-order chi connectivity index (χ1) is 12.6. The Balaban J connectivity index is 0.00000364. The number of morpholine rings is 1. The molecule has 2 N–H and O–H groups in total. The first-order valence-electron chi connectivity index (χ1n) is 10.0. The van der Waals surface area contributed by atoms with Crippen molar-refractivity contribution in [3.05, 3.63) is 23.7 Å². The Labute approximate surface area is 181 Å². The second-order valence-electron chi connectivity index (χ2n) is 7.30. The van der Waals surface area contributed by atoms with Gasteiger partial charge in [-0.15, -0.1) is 24.0 Å². The lowest BCUT2D eigenvalue weighted by molar-refractivity contribution is 0.0135. The highest BCUT2D eigenvalue weighted by atomic mass is 127. The van der Waals surface area contributed by atoms with Crippen LogP contribution in [-0.2, 0) is 4.74 Å². The van der Waals surface area contributed by atoms with Crippen LogP contribution in [0.1, 0.15) is 51.2 Å². The Hall–Kier alpha value is -0.800. The molecule has 0 spiro atoms. The fraction of sp³-hybridized carbons (Fsp3) is 0.750. The third-order valence-electron chi connectivity index (χ3n) is 4.59. The zero-order chi connectivity index (χ0) is 18.8. The van der Waals surface area contributed by atoms with Gasteiger partial charge in [0.15, 0.2) is 5.96 Å². The molecule has 1 aliphatic rings. The van der Waals surface area contributed by atoms with Gasteiger partial charge in [-0.1, -0.05) is 13.8 Å². The number of hydrogen-bond acceptors (Lipinski definition) is 4. The molecule has 1 aromatic rings. The zero-order valence-electron chi connectivity index (χ0n) is 17.3. The van der Waals surface area contributed by atoms with E-state index in [1.54, 1.807) is 0 Å². The van der Waals surface area contributed by atoms with Crippen LogP contribution >= 0.6 is 24.0 Å². The average Bonchev–Trinajstić information content (AvgIpc) is 3.05. The molecule has 0 aromatic carbocycles. The van der Waals surface area contributed by atoms with Crippen molar-refractivity contribution >= 4 is 29.9 Å². The van der Waals surface area contributed by atoms with Gasteiger partial charge in [-0.05, 0) is 44.7 Å². The van der Waals surface area contributed by atoms with Gasteiger partial charge in [0.2, 0.25) is 0 Å². The Bertz CT molecular complexity index is 542. The molecule has 7 heteroatoms. The van der Waals surface area contributed by atoms with Crippen LogP contribution in [0, 0.1) is 12.8 Å². The number of nitrogens with one attached hydrogen (secondary N) is 2. The van der Waals surface area contributed by atoms with E-state index < -0.39 is 0 Å². The summed E-state index contributed by atoms with van der Waals surface area (Å²) in [4.78, 5) is 7.25. The van der Waals surface area contributed by atoms with Crippen LogP contribution in [0.2, 0.25) is 0 Å². The summed E-state index contributed by atoms with van der Waals surface area (Å²) < 4.78 is 11.4. The van der Waals surface area contributed by atoms with Gasteiger partial charge < -0.3 is 19.8 Å². The summed E-state index contributed by atoms with van der Waals surface area (Å²) in [7, 11) is 0. The smallest absolute Gasteiger partial charge is 0.191 e. The summed E-state index contributed by atoms with van der Waals surface area (Å²) in [5, 5.41) is 6.81. The molecule has 0 bridgehead atoms. The second-order valence-corrected chi connectivity index (χ2v) is 7.30. The van der Waals surface area contributed by atoms with Crippen LogP contribution in [-0.4, -0.2) is 56.8 Å². The summed E-state index contributed by atoms with van der Waals surface area (Å²) in [5.74, 6) is 3.56. The average molecular weight is 492 g/mol. The highest BCUT2D eigenvalue weighted by Crippen LogP contribution is 2.24. The first-order valence-corrected chi connectivity index (χ1v) is 10.0. The SMILES string of the molecule is CCNC(=NCC(c1ccc(C)o1)N1CCOCC1)NCCCC(C)C.I. The van der Waals surface area contributed by atoms with Crippen molar-refractivity contribution in [2.75, 3.05) is 45.9 Å². The number of halogens is 1. The van der Waals surface area contributed by atoms with Gasteiger partial charge in [-0.3, -0.25) is 9.89 Å². The van der Waals surface area contributed by atoms with Crippen molar-refractivity contribution in [2.24, 2.45) is 10.9 Å². The molecule has 1 aliphatic heterocycles. The quantitative estimate of drug-likeness (QED) is 0.239. The van der Waals surface area contributed by atoms with Gasteiger partial charge in [0.05, 0.1) is 25.8 Å². The van der Waals surface area contributed by atoms with Crippen LogP contribution in [0.15, 0.2) is 21.5 Å². The lowest BCUT2D eigenvalue weighted by Crippen LogP contribution is -2.42. The number of furan rings is 1. The standard InChI is InChI=1S/C20H36N4O2.HI/c1-5-21-20(22-10-6-7-16(2)3)23-15-18(19-9-8-17(4)26-19)24-11-13-25-14-12-24;/h8-9,16,18H,5-7,10-15H2,1-4H3,(H2,21,22,23);1H. The largest absolute Gasteiger partial charge is 0.465 e. The normalized spacial score (nSPS) is 16.9. The minimum absolute atomic E-state index is 0. The minimum Gasteiger partial charge on any atom is -0.465 e. The molecule has 0 aliphatic carbocycles. The van der Waals surface area contributed by atoms with E-state index in [0.29, 0.717) is 6.54 Å². The molecule has 0 amide bonds. The van der Waals surface area contributed by atoms with Crippen molar-refractivity contribution in [3.8, 4) is 0 Å². The van der Waals surface area contributed by atoms with Gasteiger partial charge in [0.1, 0.15) is 11.5 Å². The summed E-state index contributed by atoms with van der Waals surface area (Å²) in [6, 6.07) is 4.26. The molecule has 1 unspecified atom stereocenters. The molecule has 2 rings (SSSR count). The summed E-state index contributed by atoms with van der Waals surface area (Å²) in [6.07, 6.45) is 2.39. The lowest BCUT2D eigenvalue weighted by atomic mass is 10.1. The van der Waals surface area contributed by atoms with Gasteiger partial charge in [0.25, 0.3) is 0 Å². The highest BCUT2D eigenvalue weighted by Gasteiger charge is 2.25.